The highest BCUT2D eigenvalue weighted by Crippen LogP contribution is 2.34. The number of likely N-dealkylation sites (N-methyl/N-ethyl adjacent to an activating group) is 1. The molecule has 28 heavy (non-hydrogen) atoms. The summed E-state index contributed by atoms with van der Waals surface area (Å²) in [5.74, 6) is 0.612. The minimum atomic E-state index is -2.50. The molecule has 0 aliphatic rings. The molecule has 144 valence electrons. The smallest absolute Gasteiger partial charge is 0.119 e. The van der Waals surface area contributed by atoms with E-state index in [-0.39, 0.29) is 13.2 Å². The standard InChI is InChI=1S/C26H29NO/c1-4-25(21-11-7-5-8-12-21)26(22-13-9-6-10-14-22)23-15-17-24(18-16-23)28-20-19-27(2)3/h5-18H,4,19-20H2,1-3H3/i2D2,3D3. The first-order chi connectivity index (χ1) is 15.8. The number of allylic oxidation sites excluding steroid dienone is 1. The highest BCUT2D eigenvalue weighted by atomic mass is 16.5. The average Bonchev–Trinajstić information content (AvgIpc) is 2.81. The number of hydrogen-bond donors (Lipinski definition) is 0. The van der Waals surface area contributed by atoms with Gasteiger partial charge in [-0.2, -0.15) is 0 Å². The summed E-state index contributed by atoms with van der Waals surface area (Å²) in [5, 5.41) is 0. The zero-order chi connectivity index (χ0) is 23.8. The Kier molecular flexibility index (Phi) is 5.03. The van der Waals surface area contributed by atoms with Gasteiger partial charge in [0.2, 0.25) is 0 Å². The minimum absolute atomic E-state index is 0.0287. The Labute approximate surface area is 176 Å². The van der Waals surface area contributed by atoms with E-state index in [0.717, 1.165) is 28.0 Å². The first-order valence-corrected chi connectivity index (χ1v) is 9.49. The Bertz CT molecular complexity index is 1030. The van der Waals surface area contributed by atoms with Gasteiger partial charge in [-0.05, 0) is 60.4 Å². The highest BCUT2D eigenvalue weighted by molar-refractivity contribution is 5.98. The summed E-state index contributed by atoms with van der Waals surface area (Å²) in [6.07, 6.45) is 0.874. The van der Waals surface area contributed by atoms with Crippen LogP contribution in [0.25, 0.3) is 11.1 Å². The van der Waals surface area contributed by atoms with E-state index in [2.05, 4.69) is 31.2 Å². The summed E-state index contributed by atoms with van der Waals surface area (Å²) in [5.41, 5.74) is 5.80. The maximum atomic E-state index is 7.45. The summed E-state index contributed by atoms with van der Waals surface area (Å²) >= 11 is 0. The Hall–Kier alpha value is -2.84. The molecular weight excluding hydrogens is 342 g/mol. The molecule has 0 saturated carbocycles. The first kappa shape index (κ1) is 14.2. The fraction of sp³-hybridized carbons (Fsp3) is 0.231. The maximum Gasteiger partial charge on any atom is 0.119 e. The molecule has 0 aliphatic heterocycles. The van der Waals surface area contributed by atoms with E-state index < -0.39 is 14.0 Å². The van der Waals surface area contributed by atoms with Gasteiger partial charge in [-0.3, -0.25) is 0 Å². The van der Waals surface area contributed by atoms with Crippen LogP contribution in [0.2, 0.25) is 0 Å². The van der Waals surface area contributed by atoms with Gasteiger partial charge in [-0.25, -0.2) is 0 Å². The molecule has 0 bridgehead atoms. The van der Waals surface area contributed by atoms with Gasteiger partial charge in [0.25, 0.3) is 0 Å². The van der Waals surface area contributed by atoms with Crippen LogP contribution in [0.15, 0.2) is 84.9 Å². The van der Waals surface area contributed by atoms with Crippen molar-refractivity contribution in [1.29, 1.82) is 0 Å². The molecular formula is C26H29NO. The minimum Gasteiger partial charge on any atom is -0.492 e. The largest absolute Gasteiger partial charge is 0.492 e. The van der Waals surface area contributed by atoms with E-state index in [1.54, 1.807) is 0 Å². The molecule has 0 radical (unpaired) electrons. The van der Waals surface area contributed by atoms with Crippen molar-refractivity contribution in [2.75, 3.05) is 27.1 Å². The molecule has 0 N–H and O–H groups in total. The van der Waals surface area contributed by atoms with Crippen molar-refractivity contribution in [3.05, 3.63) is 102 Å². The summed E-state index contributed by atoms with van der Waals surface area (Å²) in [4.78, 5) is 0.811. The summed E-state index contributed by atoms with van der Waals surface area (Å²) in [7, 11) is 0. The van der Waals surface area contributed by atoms with E-state index in [9.17, 15) is 0 Å². The van der Waals surface area contributed by atoms with Crippen molar-refractivity contribution < 1.29 is 11.6 Å². The molecule has 2 heteroatoms. The lowest BCUT2D eigenvalue weighted by Crippen LogP contribution is -2.19. The number of benzene rings is 3. The predicted molar refractivity (Wildman–Crippen MR) is 120 cm³/mol. The Morgan fingerprint density at radius 1 is 0.821 bits per heavy atom. The first-order valence-electron chi connectivity index (χ1n) is 12.1. The van der Waals surface area contributed by atoms with Crippen LogP contribution in [0.1, 0.15) is 36.9 Å². The molecule has 0 saturated heterocycles. The van der Waals surface area contributed by atoms with Gasteiger partial charge in [-0.15, -0.1) is 0 Å². The third-order valence-corrected chi connectivity index (χ3v) is 4.58. The third kappa shape index (κ3) is 5.11. The number of nitrogens with zero attached hydrogens (tertiary/aromatic N) is 1. The highest BCUT2D eigenvalue weighted by Gasteiger charge is 2.12. The van der Waals surface area contributed by atoms with Gasteiger partial charge in [0.15, 0.2) is 0 Å². The zero-order valence-corrected chi connectivity index (χ0v) is 16.1. The SMILES string of the molecule is [2H]C([2H])N(CCOc1ccc(C(=C(CC)c2ccccc2)c2ccccc2)cc1)C([2H])([2H])[2H]. The second kappa shape index (κ2) is 9.91. The number of hydrogen-bond acceptors (Lipinski definition) is 2. The number of rotatable bonds is 8. The van der Waals surface area contributed by atoms with Crippen LogP contribution >= 0.6 is 0 Å². The van der Waals surface area contributed by atoms with Crippen molar-refractivity contribution >= 4 is 11.1 Å². The van der Waals surface area contributed by atoms with Crippen molar-refractivity contribution in [2.45, 2.75) is 13.3 Å². The maximum absolute atomic E-state index is 7.45. The fourth-order valence-corrected chi connectivity index (χ4v) is 3.26. The van der Waals surface area contributed by atoms with E-state index in [0.29, 0.717) is 5.75 Å². The van der Waals surface area contributed by atoms with Crippen LogP contribution in [-0.4, -0.2) is 32.0 Å². The molecule has 0 spiro atoms. The Morgan fingerprint density at radius 3 is 2.00 bits per heavy atom. The topological polar surface area (TPSA) is 12.5 Å². The molecule has 3 rings (SSSR count). The van der Waals surface area contributed by atoms with E-state index in [1.165, 1.54) is 11.1 Å². The molecule has 0 atom stereocenters. The van der Waals surface area contributed by atoms with Crippen LogP contribution in [0.5, 0.6) is 5.75 Å². The Balaban J connectivity index is 1.86. The van der Waals surface area contributed by atoms with Crippen molar-refractivity contribution in [3.63, 3.8) is 0 Å². The monoisotopic (exact) mass is 376 g/mol. The van der Waals surface area contributed by atoms with Gasteiger partial charge >= 0.3 is 0 Å². The van der Waals surface area contributed by atoms with Crippen LogP contribution in [-0.2, 0) is 0 Å². The van der Waals surface area contributed by atoms with Crippen LogP contribution in [0.3, 0.4) is 0 Å². The molecule has 0 heterocycles. The van der Waals surface area contributed by atoms with Crippen molar-refractivity contribution in [3.8, 4) is 5.75 Å². The molecule has 3 aromatic rings. The normalized spacial score (nSPS) is 15.2. The summed E-state index contributed by atoms with van der Waals surface area (Å²) in [6, 6.07) is 28.4. The van der Waals surface area contributed by atoms with Crippen LogP contribution in [0, 0.1) is 0 Å². The van der Waals surface area contributed by atoms with Gasteiger partial charge in [0, 0.05) is 13.4 Å². The molecule has 2 nitrogen and oxygen atoms in total. The molecule has 0 aromatic heterocycles. The quantitative estimate of drug-likeness (QED) is 0.447. The second-order valence-electron chi connectivity index (χ2n) is 6.51. The summed E-state index contributed by atoms with van der Waals surface area (Å²) < 4.78 is 42.9. The van der Waals surface area contributed by atoms with Crippen molar-refractivity contribution in [2.24, 2.45) is 0 Å². The zero-order valence-electron chi connectivity index (χ0n) is 21.1. The van der Waals surface area contributed by atoms with E-state index in [1.807, 2.05) is 60.7 Å². The van der Waals surface area contributed by atoms with Gasteiger partial charge in [0.1, 0.15) is 12.4 Å². The lowest BCUT2D eigenvalue weighted by atomic mass is 9.88. The lowest BCUT2D eigenvalue weighted by Gasteiger charge is -2.17. The van der Waals surface area contributed by atoms with Gasteiger partial charge in [-0.1, -0.05) is 79.7 Å². The predicted octanol–water partition coefficient (Wildman–Crippen LogP) is 6.00. The van der Waals surface area contributed by atoms with E-state index >= 15 is 0 Å². The number of ether oxygens (including phenoxy) is 1. The molecule has 0 aliphatic carbocycles. The van der Waals surface area contributed by atoms with E-state index in [4.69, 9.17) is 11.6 Å². The molecule has 0 amide bonds. The van der Waals surface area contributed by atoms with Crippen LogP contribution < -0.4 is 4.74 Å². The molecule has 3 aromatic carbocycles. The second-order valence-corrected chi connectivity index (χ2v) is 6.51. The average molecular weight is 377 g/mol. The third-order valence-electron chi connectivity index (χ3n) is 4.58. The molecule has 0 fully saturated rings. The lowest BCUT2D eigenvalue weighted by molar-refractivity contribution is 0.261. The Morgan fingerprint density at radius 2 is 1.43 bits per heavy atom. The van der Waals surface area contributed by atoms with Crippen LogP contribution in [0.4, 0.5) is 0 Å². The van der Waals surface area contributed by atoms with Crippen molar-refractivity contribution in [1.82, 2.24) is 4.90 Å². The summed E-state index contributed by atoms with van der Waals surface area (Å²) in [6.45, 7) is -1.86. The molecule has 0 unspecified atom stereocenters. The van der Waals surface area contributed by atoms with Gasteiger partial charge < -0.3 is 9.64 Å². The fourth-order valence-electron chi connectivity index (χ4n) is 3.26. The van der Waals surface area contributed by atoms with Gasteiger partial charge in [0.05, 0.1) is 0 Å².